The molecule has 0 fully saturated rings. The van der Waals surface area contributed by atoms with E-state index >= 15 is 0 Å². The first kappa shape index (κ1) is 13.3. The summed E-state index contributed by atoms with van der Waals surface area (Å²) in [4.78, 5) is 0.257. The van der Waals surface area contributed by atoms with Gasteiger partial charge >= 0.3 is 0 Å². The van der Waals surface area contributed by atoms with Crippen molar-refractivity contribution in [3.63, 3.8) is 0 Å². The van der Waals surface area contributed by atoms with Gasteiger partial charge in [-0.1, -0.05) is 17.7 Å². The summed E-state index contributed by atoms with van der Waals surface area (Å²) in [7, 11) is -3.48. The first-order valence-electron chi connectivity index (χ1n) is 5.27. The Labute approximate surface area is 114 Å². The fourth-order valence-electron chi connectivity index (χ4n) is 1.42. The Bertz CT molecular complexity index is 632. The molecule has 18 heavy (non-hydrogen) atoms. The zero-order valence-electron chi connectivity index (χ0n) is 9.68. The van der Waals surface area contributed by atoms with E-state index in [9.17, 15) is 8.42 Å². The number of halogens is 1. The highest BCUT2D eigenvalue weighted by Gasteiger charge is 2.14. The predicted molar refractivity (Wildman–Crippen MR) is 71.6 cm³/mol. The molecule has 0 bridgehead atoms. The van der Waals surface area contributed by atoms with Crippen molar-refractivity contribution in [2.24, 2.45) is 0 Å². The summed E-state index contributed by atoms with van der Waals surface area (Å²) >= 11 is 3.20. The molecule has 0 aliphatic heterocycles. The van der Waals surface area contributed by atoms with Crippen LogP contribution in [-0.4, -0.2) is 8.42 Å². The van der Waals surface area contributed by atoms with Gasteiger partial charge in [0.05, 0.1) is 11.2 Å². The van der Waals surface area contributed by atoms with Crippen molar-refractivity contribution in [1.29, 1.82) is 0 Å². The molecule has 96 valence electrons. The monoisotopic (exact) mass is 329 g/mol. The predicted octanol–water partition coefficient (Wildman–Crippen LogP) is 2.83. The minimum atomic E-state index is -3.48. The molecule has 1 N–H and O–H groups in total. The molecular formula is C12H12BrNO3S. The van der Waals surface area contributed by atoms with Crippen molar-refractivity contribution in [1.82, 2.24) is 4.72 Å². The number of hydrogen-bond donors (Lipinski definition) is 1. The first-order chi connectivity index (χ1) is 8.49. The van der Waals surface area contributed by atoms with Gasteiger partial charge < -0.3 is 4.42 Å². The van der Waals surface area contributed by atoms with Crippen molar-refractivity contribution in [2.45, 2.75) is 18.4 Å². The van der Waals surface area contributed by atoms with E-state index in [0.717, 1.165) is 11.1 Å². The maximum Gasteiger partial charge on any atom is 0.240 e. The maximum atomic E-state index is 12.0. The number of rotatable bonds is 4. The van der Waals surface area contributed by atoms with Crippen molar-refractivity contribution in [3.8, 4) is 0 Å². The van der Waals surface area contributed by atoms with Crippen molar-refractivity contribution >= 4 is 26.0 Å². The van der Waals surface area contributed by atoms with Crippen LogP contribution in [0.1, 0.15) is 11.1 Å². The second kappa shape index (κ2) is 5.26. The van der Waals surface area contributed by atoms with Crippen LogP contribution in [0.15, 0.2) is 50.6 Å². The number of nitrogens with one attached hydrogen (secondary N) is 1. The fourth-order valence-corrected chi connectivity index (χ4v) is 2.81. The normalized spacial score (nSPS) is 11.7. The van der Waals surface area contributed by atoms with Crippen molar-refractivity contribution in [3.05, 3.63) is 52.4 Å². The summed E-state index contributed by atoms with van der Waals surface area (Å²) in [6.07, 6.45) is 1.50. The van der Waals surface area contributed by atoms with Gasteiger partial charge in [-0.05, 0) is 41.1 Å². The fraction of sp³-hybridized carbons (Fsp3) is 0.167. The second-order valence-electron chi connectivity index (χ2n) is 3.86. The van der Waals surface area contributed by atoms with Gasteiger partial charge in [0.25, 0.3) is 0 Å². The molecule has 0 unspecified atom stereocenters. The van der Waals surface area contributed by atoms with Gasteiger partial charge in [0, 0.05) is 12.1 Å². The highest BCUT2D eigenvalue weighted by Crippen LogP contribution is 2.18. The molecule has 2 rings (SSSR count). The second-order valence-corrected chi connectivity index (χ2v) is 6.34. The number of furan rings is 1. The number of aryl methyl sites for hydroxylation is 1. The van der Waals surface area contributed by atoms with Crippen LogP contribution < -0.4 is 4.72 Å². The topological polar surface area (TPSA) is 59.3 Å². The molecule has 2 aromatic rings. The number of benzene rings is 1. The molecule has 0 saturated carbocycles. The number of hydrogen-bond acceptors (Lipinski definition) is 3. The van der Waals surface area contributed by atoms with Crippen LogP contribution in [0.3, 0.4) is 0 Å². The lowest BCUT2D eigenvalue weighted by Gasteiger charge is -2.06. The van der Waals surface area contributed by atoms with E-state index in [1.54, 1.807) is 30.3 Å². The van der Waals surface area contributed by atoms with Gasteiger partial charge in [-0.3, -0.25) is 0 Å². The van der Waals surface area contributed by atoms with Gasteiger partial charge in [-0.2, -0.15) is 0 Å². The summed E-state index contributed by atoms with van der Waals surface area (Å²) in [5, 5.41) is 0. The van der Waals surface area contributed by atoms with Gasteiger partial charge in [-0.25, -0.2) is 13.1 Å². The van der Waals surface area contributed by atoms with Gasteiger partial charge in [0.2, 0.25) is 10.0 Å². The molecule has 0 aliphatic carbocycles. The Balaban J connectivity index is 2.13. The Morgan fingerprint density at radius 2 is 1.89 bits per heavy atom. The first-order valence-corrected chi connectivity index (χ1v) is 7.55. The lowest BCUT2D eigenvalue weighted by molar-refractivity contribution is 0.535. The SMILES string of the molecule is Cc1ccc(S(=O)(=O)NCc2ccoc2Br)cc1. The molecule has 6 heteroatoms. The third-order valence-corrected chi connectivity index (χ3v) is 4.59. The Kier molecular flexibility index (Phi) is 3.89. The van der Waals surface area contributed by atoms with E-state index in [-0.39, 0.29) is 11.4 Å². The van der Waals surface area contributed by atoms with Crippen LogP contribution in [0.2, 0.25) is 0 Å². The molecule has 0 spiro atoms. The summed E-state index contributed by atoms with van der Waals surface area (Å²) in [6.45, 7) is 2.10. The summed E-state index contributed by atoms with van der Waals surface area (Å²) in [5.41, 5.74) is 1.78. The van der Waals surface area contributed by atoms with E-state index in [1.807, 2.05) is 6.92 Å². The highest BCUT2D eigenvalue weighted by atomic mass is 79.9. The van der Waals surface area contributed by atoms with Crippen LogP contribution in [0.5, 0.6) is 0 Å². The van der Waals surface area contributed by atoms with Crippen LogP contribution >= 0.6 is 15.9 Å². The van der Waals surface area contributed by atoms with E-state index in [0.29, 0.717) is 4.67 Å². The summed E-state index contributed by atoms with van der Waals surface area (Å²) < 4.78 is 32.1. The molecule has 0 amide bonds. The zero-order chi connectivity index (χ0) is 13.2. The van der Waals surface area contributed by atoms with Gasteiger partial charge in [0.15, 0.2) is 4.67 Å². The molecule has 0 saturated heterocycles. The maximum absolute atomic E-state index is 12.0. The van der Waals surface area contributed by atoms with Gasteiger partial charge in [-0.15, -0.1) is 0 Å². The molecule has 0 atom stereocenters. The molecule has 4 nitrogen and oxygen atoms in total. The largest absolute Gasteiger partial charge is 0.457 e. The molecular weight excluding hydrogens is 318 g/mol. The van der Waals surface area contributed by atoms with Crippen LogP contribution in [0.25, 0.3) is 0 Å². The Morgan fingerprint density at radius 3 is 2.44 bits per heavy atom. The molecule has 0 aliphatic rings. The lowest BCUT2D eigenvalue weighted by atomic mass is 10.2. The molecule has 1 aromatic heterocycles. The highest BCUT2D eigenvalue weighted by molar-refractivity contribution is 9.10. The van der Waals surface area contributed by atoms with Crippen LogP contribution in [0.4, 0.5) is 0 Å². The smallest absolute Gasteiger partial charge is 0.240 e. The third-order valence-electron chi connectivity index (χ3n) is 2.48. The van der Waals surface area contributed by atoms with Crippen molar-refractivity contribution < 1.29 is 12.8 Å². The van der Waals surface area contributed by atoms with E-state index in [2.05, 4.69) is 20.7 Å². The Hall–Kier alpha value is -1.11. The van der Waals surface area contributed by atoms with E-state index in [4.69, 9.17) is 4.42 Å². The van der Waals surface area contributed by atoms with E-state index in [1.165, 1.54) is 6.26 Å². The standard InChI is InChI=1S/C12H12BrNO3S/c1-9-2-4-11(5-3-9)18(15,16)14-8-10-6-7-17-12(10)13/h2-7,14H,8H2,1H3. The van der Waals surface area contributed by atoms with Crippen molar-refractivity contribution in [2.75, 3.05) is 0 Å². The number of sulfonamides is 1. The average molecular weight is 330 g/mol. The zero-order valence-corrected chi connectivity index (χ0v) is 12.1. The van der Waals surface area contributed by atoms with E-state index < -0.39 is 10.0 Å². The summed E-state index contributed by atoms with van der Waals surface area (Å²) in [6, 6.07) is 8.41. The third kappa shape index (κ3) is 3.01. The van der Waals surface area contributed by atoms with Gasteiger partial charge in [0.1, 0.15) is 0 Å². The molecule has 1 aromatic carbocycles. The Morgan fingerprint density at radius 1 is 1.22 bits per heavy atom. The molecule has 1 heterocycles. The van der Waals surface area contributed by atoms with Crippen LogP contribution in [0, 0.1) is 6.92 Å². The summed E-state index contributed by atoms with van der Waals surface area (Å²) in [5.74, 6) is 0. The lowest BCUT2D eigenvalue weighted by Crippen LogP contribution is -2.23. The van der Waals surface area contributed by atoms with Crippen LogP contribution in [-0.2, 0) is 16.6 Å². The minimum Gasteiger partial charge on any atom is -0.457 e. The minimum absolute atomic E-state index is 0.188. The molecule has 0 radical (unpaired) electrons. The average Bonchev–Trinajstić information content (AvgIpc) is 2.73. The quantitative estimate of drug-likeness (QED) is 0.938.